The maximum Gasteiger partial charge on any atom is 0.267 e. The van der Waals surface area contributed by atoms with Crippen molar-refractivity contribution in [2.45, 2.75) is 6.92 Å². The number of aromatic hydroxyl groups is 1. The molecule has 5 nitrogen and oxygen atoms in total. The van der Waals surface area contributed by atoms with Crippen molar-refractivity contribution in [2.75, 3.05) is 10.6 Å². The van der Waals surface area contributed by atoms with Crippen LogP contribution in [0, 0.1) is 18.3 Å². The van der Waals surface area contributed by atoms with E-state index >= 15 is 0 Å². The summed E-state index contributed by atoms with van der Waals surface area (Å²) in [6, 6.07) is 13.9. The van der Waals surface area contributed by atoms with Crippen LogP contribution in [0.5, 0.6) is 5.75 Å². The number of amides is 1. The molecular weight excluding hydrogens is 358 g/mol. The van der Waals surface area contributed by atoms with E-state index in [1.807, 2.05) is 13.0 Å². The molecule has 1 amide bonds. The number of hydrogen-bond donors (Lipinski definition) is 3. The Morgan fingerprint density at radius 1 is 1.26 bits per heavy atom. The molecule has 2 aromatic rings. The van der Waals surface area contributed by atoms with E-state index in [9.17, 15) is 9.90 Å². The van der Waals surface area contributed by atoms with Crippen molar-refractivity contribution in [3.63, 3.8) is 0 Å². The lowest BCUT2D eigenvalue weighted by molar-refractivity contribution is -0.112. The largest absolute Gasteiger partial charge is 0.506 e. The van der Waals surface area contributed by atoms with E-state index in [-0.39, 0.29) is 11.3 Å². The van der Waals surface area contributed by atoms with E-state index in [0.717, 1.165) is 10.0 Å². The number of phenolic OH excluding ortho intramolecular Hbond substituents is 1. The number of phenols is 1. The fourth-order valence-electron chi connectivity index (χ4n) is 1.80. The van der Waals surface area contributed by atoms with Crippen molar-refractivity contribution in [1.29, 1.82) is 5.26 Å². The Morgan fingerprint density at radius 3 is 2.61 bits per heavy atom. The Balaban J connectivity index is 2.12. The minimum atomic E-state index is -0.533. The van der Waals surface area contributed by atoms with Crippen molar-refractivity contribution in [2.24, 2.45) is 0 Å². The number of anilines is 2. The monoisotopic (exact) mass is 371 g/mol. The van der Waals surface area contributed by atoms with E-state index in [1.165, 1.54) is 6.20 Å². The van der Waals surface area contributed by atoms with Gasteiger partial charge in [0.25, 0.3) is 5.91 Å². The second kappa shape index (κ2) is 7.47. The minimum absolute atomic E-state index is 0.0393. The number of rotatable bonds is 4. The molecule has 2 rings (SSSR count). The van der Waals surface area contributed by atoms with Gasteiger partial charge in [-0.05, 0) is 48.9 Å². The van der Waals surface area contributed by atoms with Gasteiger partial charge in [-0.2, -0.15) is 5.26 Å². The number of nitriles is 1. The van der Waals surface area contributed by atoms with Crippen LogP contribution >= 0.6 is 15.9 Å². The average molecular weight is 372 g/mol. The van der Waals surface area contributed by atoms with Crippen LogP contribution in [0.15, 0.2) is 58.7 Å². The van der Waals surface area contributed by atoms with Crippen LogP contribution in [0.1, 0.15) is 5.56 Å². The van der Waals surface area contributed by atoms with Crippen LogP contribution in [0.2, 0.25) is 0 Å². The van der Waals surface area contributed by atoms with Crippen molar-refractivity contribution in [3.05, 3.63) is 64.3 Å². The number of nitrogens with zero attached hydrogens (tertiary/aromatic N) is 1. The van der Waals surface area contributed by atoms with E-state index in [1.54, 1.807) is 42.5 Å². The van der Waals surface area contributed by atoms with Crippen LogP contribution in [0.3, 0.4) is 0 Å². The Bertz CT molecular complexity index is 792. The predicted octanol–water partition coefficient (Wildman–Crippen LogP) is 3.92. The molecule has 0 heterocycles. The van der Waals surface area contributed by atoms with Gasteiger partial charge in [-0.25, -0.2) is 0 Å². The average Bonchev–Trinajstić information content (AvgIpc) is 2.53. The molecule has 0 radical (unpaired) electrons. The molecule has 0 fully saturated rings. The molecule has 0 unspecified atom stereocenters. The zero-order valence-corrected chi connectivity index (χ0v) is 13.9. The van der Waals surface area contributed by atoms with Gasteiger partial charge in [0.1, 0.15) is 17.4 Å². The van der Waals surface area contributed by atoms with Crippen LogP contribution in [0.4, 0.5) is 11.4 Å². The fraction of sp³-hybridized carbons (Fsp3) is 0.0588. The number of benzene rings is 2. The summed E-state index contributed by atoms with van der Waals surface area (Å²) in [4.78, 5) is 12.1. The van der Waals surface area contributed by atoms with E-state index in [0.29, 0.717) is 11.4 Å². The van der Waals surface area contributed by atoms with E-state index < -0.39 is 5.91 Å². The molecule has 2 aromatic carbocycles. The van der Waals surface area contributed by atoms with Gasteiger partial charge in [-0.1, -0.05) is 22.0 Å². The molecule has 6 heteroatoms. The summed E-state index contributed by atoms with van der Waals surface area (Å²) in [6.45, 7) is 1.87. The summed E-state index contributed by atoms with van der Waals surface area (Å²) in [5.41, 5.74) is 1.84. The highest BCUT2D eigenvalue weighted by Gasteiger charge is 2.10. The third kappa shape index (κ3) is 4.59. The summed E-state index contributed by atoms with van der Waals surface area (Å²) in [5, 5.41) is 24.3. The molecule has 23 heavy (non-hydrogen) atoms. The first-order chi connectivity index (χ1) is 11.0. The SMILES string of the molecule is Cc1ccc(O)c(N/C=C(/C#N)C(=O)Nc2ccc(Br)cc2)c1. The standard InChI is InChI=1S/C17H14BrN3O2/c1-11-2-7-16(22)15(8-11)20-10-12(9-19)17(23)21-14-5-3-13(18)4-6-14/h2-8,10,20,22H,1H3,(H,21,23)/b12-10-. The number of halogens is 1. The van der Waals surface area contributed by atoms with Gasteiger partial charge < -0.3 is 15.7 Å². The molecule has 0 saturated heterocycles. The normalized spacial score (nSPS) is 10.7. The Morgan fingerprint density at radius 2 is 1.96 bits per heavy atom. The second-order valence-electron chi connectivity index (χ2n) is 4.80. The van der Waals surface area contributed by atoms with Gasteiger partial charge in [-0.3, -0.25) is 4.79 Å². The van der Waals surface area contributed by atoms with Crippen molar-refractivity contribution >= 4 is 33.2 Å². The van der Waals surface area contributed by atoms with Gasteiger partial charge in [0.2, 0.25) is 0 Å². The van der Waals surface area contributed by atoms with Crippen LogP contribution < -0.4 is 10.6 Å². The molecule has 0 saturated carbocycles. The van der Waals surface area contributed by atoms with Gasteiger partial charge in [0.15, 0.2) is 0 Å². The molecule has 0 aliphatic carbocycles. The summed E-state index contributed by atoms with van der Waals surface area (Å²) in [6.07, 6.45) is 1.27. The highest BCUT2D eigenvalue weighted by Crippen LogP contribution is 2.24. The molecule has 0 aliphatic heterocycles. The molecule has 0 spiro atoms. The summed E-state index contributed by atoms with van der Waals surface area (Å²) < 4.78 is 0.892. The first kappa shape index (κ1) is 16.6. The molecule has 116 valence electrons. The van der Waals surface area contributed by atoms with E-state index in [4.69, 9.17) is 5.26 Å². The van der Waals surface area contributed by atoms with Gasteiger partial charge >= 0.3 is 0 Å². The Kier molecular flexibility index (Phi) is 5.39. The molecule has 0 aliphatic rings. The van der Waals surface area contributed by atoms with E-state index in [2.05, 4.69) is 26.6 Å². The predicted molar refractivity (Wildman–Crippen MR) is 92.9 cm³/mol. The lowest BCUT2D eigenvalue weighted by Crippen LogP contribution is -2.14. The second-order valence-corrected chi connectivity index (χ2v) is 5.71. The third-order valence-electron chi connectivity index (χ3n) is 2.99. The summed E-state index contributed by atoms with van der Waals surface area (Å²) in [7, 11) is 0. The molecule has 0 bridgehead atoms. The van der Waals surface area contributed by atoms with Crippen molar-refractivity contribution in [1.82, 2.24) is 0 Å². The first-order valence-electron chi connectivity index (χ1n) is 6.73. The van der Waals surface area contributed by atoms with Crippen LogP contribution in [0.25, 0.3) is 0 Å². The molecule has 0 aromatic heterocycles. The highest BCUT2D eigenvalue weighted by molar-refractivity contribution is 9.10. The third-order valence-corrected chi connectivity index (χ3v) is 3.52. The number of aryl methyl sites for hydroxylation is 1. The van der Waals surface area contributed by atoms with Crippen LogP contribution in [-0.2, 0) is 4.79 Å². The lowest BCUT2D eigenvalue weighted by Gasteiger charge is -2.07. The van der Waals surface area contributed by atoms with Gasteiger partial charge in [0.05, 0.1) is 5.69 Å². The summed E-state index contributed by atoms with van der Waals surface area (Å²) >= 11 is 3.31. The number of carbonyl (C=O) groups excluding carboxylic acids is 1. The maximum atomic E-state index is 12.1. The smallest absolute Gasteiger partial charge is 0.267 e. The number of hydrogen-bond acceptors (Lipinski definition) is 4. The van der Waals surface area contributed by atoms with Crippen LogP contribution in [-0.4, -0.2) is 11.0 Å². The van der Waals surface area contributed by atoms with Gasteiger partial charge in [0, 0.05) is 16.4 Å². The zero-order chi connectivity index (χ0) is 16.8. The number of nitrogens with one attached hydrogen (secondary N) is 2. The molecule has 3 N–H and O–H groups in total. The van der Waals surface area contributed by atoms with Crippen molar-refractivity contribution < 1.29 is 9.90 Å². The molecule has 0 atom stereocenters. The lowest BCUT2D eigenvalue weighted by atomic mass is 10.2. The Labute approximate surface area is 142 Å². The zero-order valence-electron chi connectivity index (χ0n) is 12.3. The van der Waals surface area contributed by atoms with Gasteiger partial charge in [-0.15, -0.1) is 0 Å². The van der Waals surface area contributed by atoms with Crippen molar-refractivity contribution in [3.8, 4) is 11.8 Å². The fourth-order valence-corrected chi connectivity index (χ4v) is 2.06. The first-order valence-corrected chi connectivity index (χ1v) is 7.52. The molecular formula is C17H14BrN3O2. The quantitative estimate of drug-likeness (QED) is 0.431. The summed E-state index contributed by atoms with van der Waals surface area (Å²) in [5.74, 6) is -0.494. The number of carbonyl (C=O) groups is 1. The Hall–Kier alpha value is -2.78. The topological polar surface area (TPSA) is 85.2 Å². The highest BCUT2D eigenvalue weighted by atomic mass is 79.9. The minimum Gasteiger partial charge on any atom is -0.506 e. The maximum absolute atomic E-state index is 12.1.